The van der Waals surface area contributed by atoms with Gasteiger partial charge in [-0.05, 0) is 20.3 Å². The van der Waals surface area contributed by atoms with Crippen LogP contribution in [0, 0.1) is 0 Å². The predicted octanol–water partition coefficient (Wildman–Crippen LogP) is 1.45. The largest absolute Gasteiger partial charge is 0.372 e. The number of hydrogen-bond acceptors (Lipinski definition) is 4. The van der Waals surface area contributed by atoms with Gasteiger partial charge in [-0.15, -0.1) is 0 Å². The van der Waals surface area contributed by atoms with E-state index in [1.165, 1.54) is 23.5 Å². The summed E-state index contributed by atoms with van der Waals surface area (Å²) in [6.45, 7) is 4.29. The Bertz CT molecular complexity index is 427. The van der Waals surface area contributed by atoms with E-state index in [-0.39, 0.29) is 24.2 Å². The fraction of sp³-hybridized carbons (Fsp3) is 0.615. The third-order valence-electron chi connectivity index (χ3n) is 3.00. The first-order valence-corrected chi connectivity index (χ1v) is 6.42. The maximum atomic E-state index is 14.0. The SMILES string of the molecule is CC(C)O[C@H]1CCN(C(=O)c2cnccn2)C[C@H]1F. The van der Waals surface area contributed by atoms with Crippen molar-refractivity contribution in [2.45, 2.75) is 38.6 Å². The lowest BCUT2D eigenvalue weighted by molar-refractivity contribution is -0.0667. The number of nitrogens with zero attached hydrogens (tertiary/aromatic N) is 3. The van der Waals surface area contributed by atoms with Gasteiger partial charge in [-0.3, -0.25) is 9.78 Å². The Balaban J connectivity index is 1.96. The maximum absolute atomic E-state index is 14.0. The van der Waals surface area contributed by atoms with E-state index in [2.05, 4.69) is 9.97 Å². The van der Waals surface area contributed by atoms with Gasteiger partial charge in [0.2, 0.25) is 0 Å². The number of aromatic nitrogens is 2. The molecule has 0 radical (unpaired) electrons. The van der Waals surface area contributed by atoms with Crippen LogP contribution in [0.1, 0.15) is 30.8 Å². The van der Waals surface area contributed by atoms with E-state index in [1.807, 2.05) is 13.8 Å². The molecule has 0 aliphatic carbocycles. The highest BCUT2D eigenvalue weighted by molar-refractivity contribution is 5.92. The van der Waals surface area contributed by atoms with Crippen LogP contribution in [0.3, 0.4) is 0 Å². The van der Waals surface area contributed by atoms with Gasteiger partial charge in [0, 0.05) is 18.9 Å². The topological polar surface area (TPSA) is 55.3 Å². The van der Waals surface area contributed by atoms with E-state index in [1.54, 1.807) is 0 Å². The number of rotatable bonds is 3. The first kappa shape index (κ1) is 13.9. The van der Waals surface area contributed by atoms with Crippen molar-refractivity contribution in [2.75, 3.05) is 13.1 Å². The predicted molar refractivity (Wildman–Crippen MR) is 67.5 cm³/mol. The monoisotopic (exact) mass is 267 g/mol. The molecule has 1 fully saturated rings. The molecule has 6 heteroatoms. The molecule has 0 aromatic carbocycles. The summed E-state index contributed by atoms with van der Waals surface area (Å²) in [6, 6.07) is 0. The van der Waals surface area contributed by atoms with Gasteiger partial charge in [0.05, 0.1) is 24.9 Å². The zero-order chi connectivity index (χ0) is 13.8. The number of carbonyl (C=O) groups is 1. The lowest BCUT2D eigenvalue weighted by Crippen LogP contribution is -2.48. The summed E-state index contributed by atoms with van der Waals surface area (Å²) in [4.78, 5) is 21.3. The van der Waals surface area contributed by atoms with Crippen LogP contribution in [-0.2, 0) is 4.74 Å². The number of carbonyl (C=O) groups excluding carboxylic acids is 1. The van der Waals surface area contributed by atoms with E-state index >= 15 is 0 Å². The zero-order valence-corrected chi connectivity index (χ0v) is 11.1. The number of halogens is 1. The van der Waals surface area contributed by atoms with Crippen LogP contribution in [0.25, 0.3) is 0 Å². The molecule has 1 aliphatic heterocycles. The molecule has 2 heterocycles. The molecule has 0 spiro atoms. The van der Waals surface area contributed by atoms with Crippen LogP contribution in [0.15, 0.2) is 18.6 Å². The molecule has 2 atom stereocenters. The fourth-order valence-corrected chi connectivity index (χ4v) is 2.14. The Morgan fingerprint density at radius 2 is 2.32 bits per heavy atom. The van der Waals surface area contributed by atoms with E-state index in [4.69, 9.17) is 4.74 Å². The lowest BCUT2D eigenvalue weighted by Gasteiger charge is -2.35. The van der Waals surface area contributed by atoms with E-state index in [0.717, 1.165) is 0 Å². The quantitative estimate of drug-likeness (QED) is 0.832. The second-order valence-corrected chi connectivity index (χ2v) is 4.87. The second-order valence-electron chi connectivity index (χ2n) is 4.87. The molecule has 0 N–H and O–H groups in total. The summed E-state index contributed by atoms with van der Waals surface area (Å²) in [5, 5.41) is 0. The molecule has 2 rings (SSSR count). The Labute approximate surface area is 111 Å². The van der Waals surface area contributed by atoms with Gasteiger partial charge in [0.1, 0.15) is 11.9 Å². The molecule has 1 saturated heterocycles. The first-order chi connectivity index (χ1) is 9.08. The molecule has 1 aliphatic rings. The van der Waals surface area contributed by atoms with Crippen molar-refractivity contribution < 1.29 is 13.9 Å². The fourth-order valence-electron chi connectivity index (χ4n) is 2.14. The van der Waals surface area contributed by atoms with Gasteiger partial charge < -0.3 is 9.64 Å². The number of alkyl halides is 1. The number of hydrogen-bond donors (Lipinski definition) is 0. The number of amides is 1. The standard InChI is InChI=1S/C13H18FN3O2/c1-9(2)19-12-3-6-17(8-10(12)14)13(18)11-7-15-4-5-16-11/h4-5,7,9-10,12H,3,6,8H2,1-2H3/t10-,12+/m1/s1. The summed E-state index contributed by atoms with van der Waals surface area (Å²) in [6.07, 6.45) is 3.26. The number of ether oxygens (including phenoxy) is 1. The molecule has 0 bridgehead atoms. The van der Waals surface area contributed by atoms with E-state index in [0.29, 0.717) is 13.0 Å². The Morgan fingerprint density at radius 3 is 2.89 bits per heavy atom. The number of likely N-dealkylation sites (tertiary alicyclic amines) is 1. The van der Waals surface area contributed by atoms with Crippen LogP contribution in [0.2, 0.25) is 0 Å². The molecular formula is C13H18FN3O2. The Hall–Kier alpha value is -1.56. The van der Waals surface area contributed by atoms with Gasteiger partial charge in [0.25, 0.3) is 5.91 Å². The van der Waals surface area contributed by atoms with Gasteiger partial charge in [-0.2, -0.15) is 0 Å². The zero-order valence-electron chi connectivity index (χ0n) is 11.1. The van der Waals surface area contributed by atoms with Gasteiger partial charge in [-0.1, -0.05) is 0 Å². The molecule has 1 aromatic rings. The normalized spacial score (nSPS) is 23.7. The van der Waals surface area contributed by atoms with Crippen LogP contribution in [0.4, 0.5) is 4.39 Å². The van der Waals surface area contributed by atoms with Crippen LogP contribution in [0.5, 0.6) is 0 Å². The Kier molecular flexibility index (Phi) is 4.42. The van der Waals surface area contributed by atoms with Crippen molar-refractivity contribution in [3.63, 3.8) is 0 Å². The molecule has 1 amide bonds. The third-order valence-corrected chi connectivity index (χ3v) is 3.00. The molecule has 0 unspecified atom stereocenters. The average molecular weight is 267 g/mol. The summed E-state index contributed by atoms with van der Waals surface area (Å²) >= 11 is 0. The van der Waals surface area contributed by atoms with E-state index < -0.39 is 12.3 Å². The van der Waals surface area contributed by atoms with Gasteiger partial charge in [-0.25, -0.2) is 9.37 Å². The van der Waals surface area contributed by atoms with Crippen LogP contribution >= 0.6 is 0 Å². The first-order valence-electron chi connectivity index (χ1n) is 6.42. The van der Waals surface area contributed by atoms with Gasteiger partial charge >= 0.3 is 0 Å². The summed E-state index contributed by atoms with van der Waals surface area (Å²) in [5.41, 5.74) is 0.248. The Morgan fingerprint density at radius 1 is 1.53 bits per heavy atom. The smallest absolute Gasteiger partial charge is 0.274 e. The number of piperidine rings is 1. The molecule has 1 aromatic heterocycles. The minimum Gasteiger partial charge on any atom is -0.372 e. The molecular weight excluding hydrogens is 249 g/mol. The molecule has 19 heavy (non-hydrogen) atoms. The van der Waals surface area contributed by atoms with Crippen molar-refractivity contribution >= 4 is 5.91 Å². The lowest BCUT2D eigenvalue weighted by atomic mass is 10.1. The van der Waals surface area contributed by atoms with Crippen LogP contribution in [-0.4, -0.2) is 52.2 Å². The van der Waals surface area contributed by atoms with Crippen molar-refractivity contribution in [3.8, 4) is 0 Å². The van der Waals surface area contributed by atoms with Gasteiger partial charge in [0.15, 0.2) is 0 Å². The second kappa shape index (κ2) is 6.06. The minimum absolute atomic E-state index is 0.00880. The van der Waals surface area contributed by atoms with E-state index in [9.17, 15) is 9.18 Å². The summed E-state index contributed by atoms with van der Waals surface area (Å²) in [5.74, 6) is -0.279. The van der Waals surface area contributed by atoms with Crippen molar-refractivity contribution in [1.29, 1.82) is 0 Å². The summed E-state index contributed by atoms with van der Waals surface area (Å²) in [7, 11) is 0. The molecule has 104 valence electrons. The third kappa shape index (κ3) is 3.47. The molecule has 0 saturated carbocycles. The molecule has 5 nitrogen and oxygen atoms in total. The van der Waals surface area contributed by atoms with Crippen molar-refractivity contribution in [3.05, 3.63) is 24.3 Å². The van der Waals surface area contributed by atoms with Crippen molar-refractivity contribution in [2.24, 2.45) is 0 Å². The summed E-state index contributed by atoms with van der Waals surface area (Å²) < 4.78 is 19.5. The van der Waals surface area contributed by atoms with Crippen molar-refractivity contribution in [1.82, 2.24) is 14.9 Å². The minimum atomic E-state index is -1.16. The highest BCUT2D eigenvalue weighted by Crippen LogP contribution is 2.19. The highest BCUT2D eigenvalue weighted by Gasteiger charge is 2.33. The maximum Gasteiger partial charge on any atom is 0.274 e. The highest BCUT2D eigenvalue weighted by atomic mass is 19.1. The van der Waals surface area contributed by atoms with Crippen LogP contribution < -0.4 is 0 Å². The average Bonchev–Trinajstić information content (AvgIpc) is 2.41.